The maximum Gasteiger partial charge on any atom is 0.157 e. The summed E-state index contributed by atoms with van der Waals surface area (Å²) in [6.07, 6.45) is 5.54. The summed E-state index contributed by atoms with van der Waals surface area (Å²) in [6, 6.07) is 8.47. The highest BCUT2D eigenvalue weighted by molar-refractivity contribution is 9.10. The Balaban J connectivity index is 1.48. The third kappa shape index (κ3) is 4.05. The van der Waals surface area contributed by atoms with Crippen LogP contribution < -0.4 is 10.6 Å². The van der Waals surface area contributed by atoms with Crippen LogP contribution in [0.3, 0.4) is 0 Å². The van der Waals surface area contributed by atoms with E-state index in [4.69, 9.17) is 15.8 Å². The van der Waals surface area contributed by atoms with Gasteiger partial charge in [-0.3, -0.25) is 4.90 Å². The Morgan fingerprint density at radius 1 is 1.16 bits per heavy atom. The summed E-state index contributed by atoms with van der Waals surface area (Å²) >= 11 is 3.62. The first-order chi connectivity index (χ1) is 15.4. The molecule has 0 spiro atoms. The van der Waals surface area contributed by atoms with E-state index in [0.29, 0.717) is 0 Å². The van der Waals surface area contributed by atoms with Crippen LogP contribution in [-0.4, -0.2) is 50.3 Å². The lowest BCUT2D eigenvalue weighted by Crippen LogP contribution is -2.37. The number of anilines is 1. The Bertz CT molecular complexity index is 1130. The van der Waals surface area contributed by atoms with Gasteiger partial charge in [0.2, 0.25) is 0 Å². The Morgan fingerprint density at radius 2 is 2.00 bits per heavy atom. The molecule has 5 rings (SSSR count). The first-order valence-corrected chi connectivity index (χ1v) is 12.3. The number of halogens is 1. The number of piperidine rings is 1. The van der Waals surface area contributed by atoms with Gasteiger partial charge in [-0.1, -0.05) is 40.0 Å². The maximum atomic E-state index is 11.3. The minimum absolute atomic E-state index is 0.0526. The molecule has 2 saturated heterocycles. The topological polar surface area (TPSA) is 82.9 Å². The van der Waals surface area contributed by atoms with Gasteiger partial charge in [0.05, 0.1) is 11.7 Å². The second-order valence-corrected chi connectivity index (χ2v) is 10.1. The molecule has 0 amide bonds. The second kappa shape index (κ2) is 8.74. The molecule has 8 heteroatoms. The zero-order chi connectivity index (χ0) is 22.4. The average Bonchev–Trinajstić information content (AvgIpc) is 3.40. The summed E-state index contributed by atoms with van der Waals surface area (Å²) in [6.45, 7) is 6.76. The van der Waals surface area contributed by atoms with Crippen molar-refractivity contribution in [1.29, 1.82) is 0 Å². The van der Waals surface area contributed by atoms with Crippen molar-refractivity contribution in [2.75, 3.05) is 24.5 Å². The molecular weight excluding hydrogens is 468 g/mol. The molecule has 32 heavy (non-hydrogen) atoms. The maximum absolute atomic E-state index is 11.3. The van der Waals surface area contributed by atoms with Crippen LogP contribution in [0.4, 0.5) is 5.82 Å². The van der Waals surface area contributed by atoms with E-state index in [0.717, 1.165) is 83.6 Å². The van der Waals surface area contributed by atoms with Crippen molar-refractivity contribution in [3.63, 3.8) is 0 Å². The highest BCUT2D eigenvalue weighted by Gasteiger charge is 2.32. The van der Waals surface area contributed by atoms with E-state index < -0.39 is 6.23 Å². The van der Waals surface area contributed by atoms with E-state index >= 15 is 0 Å². The van der Waals surface area contributed by atoms with Gasteiger partial charge in [-0.2, -0.15) is 5.10 Å². The minimum atomic E-state index is -0.685. The van der Waals surface area contributed by atoms with Gasteiger partial charge in [-0.15, -0.1) is 0 Å². The van der Waals surface area contributed by atoms with Crippen LogP contribution in [0.2, 0.25) is 0 Å². The van der Waals surface area contributed by atoms with E-state index in [1.54, 1.807) is 0 Å². The Kier molecular flexibility index (Phi) is 5.96. The third-order valence-corrected chi connectivity index (χ3v) is 7.50. The predicted octanol–water partition coefficient (Wildman–Crippen LogP) is 3.86. The molecule has 0 aliphatic carbocycles. The molecule has 3 atom stereocenters. The van der Waals surface area contributed by atoms with Gasteiger partial charge in [-0.25, -0.2) is 9.50 Å². The van der Waals surface area contributed by atoms with Crippen LogP contribution in [0.1, 0.15) is 60.3 Å². The summed E-state index contributed by atoms with van der Waals surface area (Å²) in [5.41, 5.74) is 11.1. The number of hydrogen-bond acceptors (Lipinski definition) is 6. The highest BCUT2D eigenvalue weighted by Crippen LogP contribution is 2.38. The molecule has 170 valence electrons. The van der Waals surface area contributed by atoms with Gasteiger partial charge in [0, 0.05) is 53.5 Å². The number of nitrogens with zero attached hydrogens (tertiary/aromatic N) is 5. The quantitative estimate of drug-likeness (QED) is 0.568. The lowest BCUT2D eigenvalue weighted by atomic mass is 9.97. The fourth-order valence-corrected chi connectivity index (χ4v) is 5.54. The van der Waals surface area contributed by atoms with E-state index in [1.165, 1.54) is 0 Å². The van der Waals surface area contributed by atoms with Crippen molar-refractivity contribution < 1.29 is 5.11 Å². The smallest absolute Gasteiger partial charge is 0.157 e. The number of nitrogens with two attached hydrogens (primary N) is 1. The predicted molar refractivity (Wildman–Crippen MR) is 130 cm³/mol. The zero-order valence-electron chi connectivity index (χ0n) is 18.7. The van der Waals surface area contributed by atoms with Crippen molar-refractivity contribution in [2.24, 2.45) is 5.73 Å². The van der Waals surface area contributed by atoms with E-state index in [1.807, 2.05) is 10.6 Å². The van der Waals surface area contributed by atoms with Gasteiger partial charge in [0.15, 0.2) is 5.65 Å². The zero-order valence-corrected chi connectivity index (χ0v) is 20.3. The van der Waals surface area contributed by atoms with E-state index in [-0.39, 0.29) is 12.1 Å². The van der Waals surface area contributed by atoms with Gasteiger partial charge in [0.25, 0.3) is 0 Å². The van der Waals surface area contributed by atoms with Gasteiger partial charge in [0.1, 0.15) is 12.0 Å². The number of fused-ring (bicyclic) bond motifs is 1. The number of benzene rings is 1. The molecule has 2 aromatic heterocycles. The SMILES string of the molecule is Cc1ccc(Br)c(C(O)N2CCCC[C@H]2c2cc3nc(N4CC[C@H](N)C4)c(C)cn3n2)c1. The molecule has 2 aliphatic heterocycles. The van der Waals surface area contributed by atoms with Crippen LogP contribution in [0, 0.1) is 13.8 Å². The van der Waals surface area contributed by atoms with Crippen molar-refractivity contribution in [3.8, 4) is 0 Å². The molecule has 3 aromatic rings. The number of rotatable bonds is 4. The van der Waals surface area contributed by atoms with E-state index in [2.05, 4.69) is 64.0 Å². The Labute approximate surface area is 197 Å². The van der Waals surface area contributed by atoms with Gasteiger partial charge in [-0.05, 0) is 39.2 Å². The van der Waals surface area contributed by atoms with Gasteiger partial charge >= 0.3 is 0 Å². The fraction of sp³-hybridized carbons (Fsp3) is 0.500. The van der Waals surface area contributed by atoms with Crippen molar-refractivity contribution in [1.82, 2.24) is 19.5 Å². The van der Waals surface area contributed by atoms with Crippen LogP contribution >= 0.6 is 15.9 Å². The first-order valence-electron chi connectivity index (χ1n) is 11.5. The van der Waals surface area contributed by atoms with Gasteiger partial charge < -0.3 is 15.7 Å². The molecule has 7 nitrogen and oxygen atoms in total. The second-order valence-electron chi connectivity index (χ2n) is 9.26. The number of aliphatic hydroxyl groups is 1. The minimum Gasteiger partial charge on any atom is -0.374 e. The molecule has 3 N–H and O–H groups in total. The molecule has 1 unspecified atom stereocenters. The average molecular weight is 499 g/mol. The summed E-state index contributed by atoms with van der Waals surface area (Å²) in [4.78, 5) is 9.40. The fourth-order valence-electron chi connectivity index (χ4n) is 5.09. The standard InChI is InChI=1S/C24H31BrN6O/c1-15-6-7-19(25)18(11-15)24(32)30-9-4-3-5-21(30)20-12-22-27-23(16(2)13-31(22)28-20)29-10-8-17(26)14-29/h6-7,11-13,17,21,24,32H,3-5,8-10,14,26H2,1-2H3/t17-,21-,24?/m0/s1. The summed E-state index contributed by atoms with van der Waals surface area (Å²) < 4.78 is 2.81. The monoisotopic (exact) mass is 498 g/mol. The number of aliphatic hydroxyl groups excluding tert-OH is 1. The highest BCUT2D eigenvalue weighted by atomic mass is 79.9. The molecule has 0 bridgehead atoms. The normalized spacial score (nSPS) is 23.2. The molecule has 1 aromatic carbocycles. The molecule has 2 fully saturated rings. The number of aryl methyl sites for hydroxylation is 2. The summed E-state index contributed by atoms with van der Waals surface area (Å²) in [5, 5.41) is 16.2. The summed E-state index contributed by atoms with van der Waals surface area (Å²) in [7, 11) is 0. The lowest BCUT2D eigenvalue weighted by Gasteiger charge is -2.38. The van der Waals surface area contributed by atoms with Crippen LogP contribution in [0.25, 0.3) is 5.65 Å². The van der Waals surface area contributed by atoms with Crippen LogP contribution in [0.15, 0.2) is 34.9 Å². The number of likely N-dealkylation sites (tertiary alicyclic amines) is 1. The molecule has 4 heterocycles. The van der Waals surface area contributed by atoms with Crippen molar-refractivity contribution >= 4 is 27.4 Å². The summed E-state index contributed by atoms with van der Waals surface area (Å²) in [5.74, 6) is 1.00. The van der Waals surface area contributed by atoms with Crippen molar-refractivity contribution in [2.45, 2.75) is 57.8 Å². The third-order valence-electron chi connectivity index (χ3n) is 6.78. The number of hydrogen-bond donors (Lipinski definition) is 2. The molecule has 0 radical (unpaired) electrons. The molecule has 0 saturated carbocycles. The van der Waals surface area contributed by atoms with E-state index in [9.17, 15) is 5.11 Å². The van der Waals surface area contributed by atoms with Crippen molar-refractivity contribution in [3.05, 3.63) is 57.3 Å². The Hall–Kier alpha value is -2.00. The van der Waals surface area contributed by atoms with Crippen LogP contribution in [0.5, 0.6) is 0 Å². The molecular formula is C24H31BrN6O. The largest absolute Gasteiger partial charge is 0.374 e. The Morgan fingerprint density at radius 3 is 2.78 bits per heavy atom. The number of aromatic nitrogens is 3. The lowest BCUT2D eigenvalue weighted by molar-refractivity contribution is -0.0460. The van der Waals surface area contributed by atoms with Crippen LogP contribution in [-0.2, 0) is 0 Å². The first kappa shape index (κ1) is 21.8. The molecule has 2 aliphatic rings.